The molecule has 8 heteroatoms. The van der Waals surface area contributed by atoms with Crippen LogP contribution in [0.5, 0.6) is 0 Å². The van der Waals surface area contributed by atoms with Crippen molar-refractivity contribution in [3.05, 3.63) is 72.0 Å². The molecule has 1 aliphatic rings. The minimum Gasteiger partial charge on any atom is -0.467 e. The lowest BCUT2D eigenvalue weighted by Gasteiger charge is -2.19. The summed E-state index contributed by atoms with van der Waals surface area (Å²) in [7, 11) is 0. The zero-order chi connectivity index (χ0) is 18.8. The first-order valence-corrected chi connectivity index (χ1v) is 8.31. The Morgan fingerprint density at radius 3 is 2.63 bits per heavy atom. The second-order valence-corrected chi connectivity index (χ2v) is 6.01. The molecular formula is C19H16N2O6. The molecule has 0 aliphatic carbocycles. The van der Waals surface area contributed by atoms with Gasteiger partial charge >= 0.3 is 5.97 Å². The predicted octanol–water partition coefficient (Wildman–Crippen LogP) is 3.31. The highest BCUT2D eigenvalue weighted by Gasteiger charge is 2.36. The Bertz CT molecular complexity index is 968. The molecule has 138 valence electrons. The highest BCUT2D eigenvalue weighted by molar-refractivity contribution is 6.01. The van der Waals surface area contributed by atoms with E-state index in [1.807, 2.05) is 0 Å². The summed E-state index contributed by atoms with van der Waals surface area (Å²) < 4.78 is 21.0. The molecule has 1 amide bonds. The summed E-state index contributed by atoms with van der Waals surface area (Å²) in [5.41, 5.74) is 1.25. The van der Waals surface area contributed by atoms with Crippen molar-refractivity contribution in [1.82, 2.24) is 5.01 Å². The van der Waals surface area contributed by atoms with Gasteiger partial charge in [-0.05, 0) is 37.3 Å². The fourth-order valence-corrected chi connectivity index (χ4v) is 2.88. The Morgan fingerprint density at radius 2 is 1.96 bits per heavy atom. The molecule has 0 fully saturated rings. The van der Waals surface area contributed by atoms with Crippen LogP contribution >= 0.6 is 0 Å². The molecule has 3 aromatic heterocycles. The number of hydrogen-bond donors (Lipinski definition) is 0. The third-order valence-electron chi connectivity index (χ3n) is 4.22. The average molecular weight is 368 g/mol. The molecule has 0 saturated heterocycles. The number of hydrogen-bond acceptors (Lipinski definition) is 7. The number of esters is 1. The summed E-state index contributed by atoms with van der Waals surface area (Å²) >= 11 is 0. The van der Waals surface area contributed by atoms with Crippen molar-refractivity contribution in [1.29, 1.82) is 0 Å². The highest BCUT2D eigenvalue weighted by atomic mass is 16.5. The van der Waals surface area contributed by atoms with Crippen LogP contribution in [-0.2, 0) is 9.53 Å². The van der Waals surface area contributed by atoms with Gasteiger partial charge in [-0.3, -0.25) is 4.79 Å². The van der Waals surface area contributed by atoms with Gasteiger partial charge in [-0.15, -0.1) is 0 Å². The highest BCUT2D eigenvalue weighted by Crippen LogP contribution is 2.33. The molecule has 0 spiro atoms. The van der Waals surface area contributed by atoms with E-state index in [4.69, 9.17) is 18.0 Å². The van der Waals surface area contributed by atoms with Gasteiger partial charge in [0, 0.05) is 12.0 Å². The number of hydrazone groups is 1. The van der Waals surface area contributed by atoms with E-state index in [1.54, 1.807) is 37.3 Å². The van der Waals surface area contributed by atoms with E-state index in [-0.39, 0.29) is 5.76 Å². The van der Waals surface area contributed by atoms with Crippen LogP contribution in [0, 0.1) is 6.92 Å². The van der Waals surface area contributed by atoms with Gasteiger partial charge in [0.25, 0.3) is 5.91 Å². The minimum atomic E-state index is -0.699. The van der Waals surface area contributed by atoms with E-state index in [0.29, 0.717) is 29.2 Å². The van der Waals surface area contributed by atoms with E-state index in [9.17, 15) is 9.59 Å². The summed E-state index contributed by atoms with van der Waals surface area (Å²) in [4.78, 5) is 24.7. The molecule has 3 aromatic rings. The van der Waals surface area contributed by atoms with Crippen LogP contribution in [0.4, 0.5) is 0 Å². The molecule has 0 bridgehead atoms. The SMILES string of the molecule is Cc1ccoc1C(=O)OCC(=O)N1N=C(c2ccco2)C[C@@H]1c1ccco1. The Kier molecular flexibility index (Phi) is 4.37. The lowest BCUT2D eigenvalue weighted by Crippen LogP contribution is -2.31. The van der Waals surface area contributed by atoms with E-state index in [2.05, 4.69) is 5.10 Å². The van der Waals surface area contributed by atoms with Crippen molar-refractivity contribution < 1.29 is 27.6 Å². The number of aryl methyl sites for hydroxylation is 1. The van der Waals surface area contributed by atoms with Gasteiger partial charge in [0.15, 0.2) is 6.61 Å². The fraction of sp³-hybridized carbons (Fsp3) is 0.211. The average Bonchev–Trinajstić information content (AvgIpc) is 3.45. The number of carbonyl (C=O) groups is 2. The lowest BCUT2D eigenvalue weighted by molar-refractivity contribution is -0.136. The third kappa shape index (κ3) is 3.29. The van der Waals surface area contributed by atoms with Crippen molar-refractivity contribution >= 4 is 17.6 Å². The quantitative estimate of drug-likeness (QED) is 0.641. The number of rotatable bonds is 5. The zero-order valence-electron chi connectivity index (χ0n) is 14.5. The van der Waals surface area contributed by atoms with Crippen LogP contribution in [0.25, 0.3) is 0 Å². The number of furan rings is 3. The van der Waals surface area contributed by atoms with Gasteiger partial charge < -0.3 is 18.0 Å². The smallest absolute Gasteiger partial charge is 0.375 e. The maximum absolute atomic E-state index is 12.7. The second-order valence-electron chi connectivity index (χ2n) is 6.01. The molecular weight excluding hydrogens is 352 g/mol. The molecule has 0 N–H and O–H groups in total. The van der Waals surface area contributed by atoms with E-state index in [0.717, 1.165) is 0 Å². The number of nitrogens with zero attached hydrogens (tertiary/aromatic N) is 2. The van der Waals surface area contributed by atoms with E-state index in [1.165, 1.54) is 23.8 Å². The molecule has 4 rings (SSSR count). The lowest BCUT2D eigenvalue weighted by atomic mass is 10.1. The monoisotopic (exact) mass is 368 g/mol. The minimum absolute atomic E-state index is 0.0755. The van der Waals surface area contributed by atoms with Gasteiger partial charge in [0.2, 0.25) is 5.76 Å². The Labute approximate surface area is 154 Å². The fourth-order valence-electron chi connectivity index (χ4n) is 2.88. The third-order valence-corrected chi connectivity index (χ3v) is 4.22. The first-order valence-electron chi connectivity index (χ1n) is 8.31. The van der Waals surface area contributed by atoms with E-state index >= 15 is 0 Å². The molecule has 27 heavy (non-hydrogen) atoms. The van der Waals surface area contributed by atoms with Crippen molar-refractivity contribution in [3.63, 3.8) is 0 Å². The van der Waals surface area contributed by atoms with E-state index < -0.39 is 24.5 Å². The largest absolute Gasteiger partial charge is 0.467 e. The van der Waals surface area contributed by atoms with Crippen molar-refractivity contribution in [3.8, 4) is 0 Å². The molecule has 0 aromatic carbocycles. The second kappa shape index (κ2) is 6.99. The topological polar surface area (TPSA) is 98.4 Å². The van der Waals surface area contributed by atoms with Crippen molar-refractivity contribution in [2.75, 3.05) is 6.61 Å². The van der Waals surface area contributed by atoms with Gasteiger partial charge in [-0.2, -0.15) is 5.10 Å². The zero-order valence-corrected chi connectivity index (χ0v) is 14.5. The summed E-state index contributed by atoms with van der Waals surface area (Å²) in [5.74, 6) is 0.0591. The van der Waals surface area contributed by atoms with Crippen LogP contribution in [0.1, 0.15) is 40.1 Å². The Hall–Kier alpha value is -3.55. The Morgan fingerprint density at radius 1 is 1.15 bits per heavy atom. The molecule has 1 atom stereocenters. The maximum Gasteiger partial charge on any atom is 0.375 e. The van der Waals surface area contributed by atoms with Crippen LogP contribution in [0.3, 0.4) is 0 Å². The molecule has 0 radical (unpaired) electrons. The Balaban J connectivity index is 1.50. The van der Waals surface area contributed by atoms with Crippen LogP contribution < -0.4 is 0 Å². The number of ether oxygens (including phenoxy) is 1. The first kappa shape index (κ1) is 16.9. The van der Waals surface area contributed by atoms with Crippen molar-refractivity contribution in [2.24, 2.45) is 5.10 Å². The first-order chi connectivity index (χ1) is 13.1. The van der Waals surface area contributed by atoms with Gasteiger partial charge in [0.05, 0.1) is 18.8 Å². The summed E-state index contributed by atoms with van der Waals surface area (Å²) in [6, 6.07) is 8.23. The molecule has 8 nitrogen and oxygen atoms in total. The summed E-state index contributed by atoms with van der Waals surface area (Å²) in [6.07, 6.45) is 4.89. The normalized spacial score (nSPS) is 16.4. The van der Waals surface area contributed by atoms with Crippen LogP contribution in [0.2, 0.25) is 0 Å². The van der Waals surface area contributed by atoms with Gasteiger partial charge in [-0.1, -0.05) is 0 Å². The summed E-state index contributed by atoms with van der Waals surface area (Å²) in [6.45, 7) is 1.25. The molecule has 0 unspecified atom stereocenters. The standard InChI is InChI=1S/C19H16N2O6/c1-12-6-9-26-18(12)19(23)27-11-17(22)21-14(16-5-3-8-25-16)10-13(20-21)15-4-2-7-24-15/h2-9,14H,10-11H2,1H3/t14-/m1/s1. The van der Waals surface area contributed by atoms with Crippen LogP contribution in [0.15, 0.2) is 67.5 Å². The predicted molar refractivity (Wildman–Crippen MR) is 91.9 cm³/mol. The molecule has 1 aliphatic heterocycles. The molecule has 0 saturated carbocycles. The maximum atomic E-state index is 12.7. The number of amides is 1. The van der Waals surface area contributed by atoms with Gasteiger partial charge in [0.1, 0.15) is 23.3 Å². The van der Waals surface area contributed by atoms with Crippen molar-refractivity contribution in [2.45, 2.75) is 19.4 Å². The molecule has 4 heterocycles. The van der Waals surface area contributed by atoms with Gasteiger partial charge in [-0.25, -0.2) is 9.80 Å². The van der Waals surface area contributed by atoms with Crippen LogP contribution in [-0.4, -0.2) is 29.2 Å². The number of carbonyl (C=O) groups excluding carboxylic acids is 2. The summed E-state index contributed by atoms with van der Waals surface area (Å²) in [5, 5.41) is 5.62.